The second kappa shape index (κ2) is 39.8. The van der Waals surface area contributed by atoms with Crippen LogP contribution in [0.4, 0.5) is 0 Å². The first-order valence-electron chi connectivity index (χ1n) is 29.7. The van der Waals surface area contributed by atoms with Crippen LogP contribution in [0.5, 0.6) is 0 Å². The Labute approximate surface area is 536 Å². The van der Waals surface area contributed by atoms with E-state index in [2.05, 4.69) is 57.9 Å². The molecule has 0 fully saturated rings. The molecule has 0 aliphatic rings. The fraction of sp³-hybridized carbons (Fsp3) is 0.417. The molecule has 4 aromatic rings. The standard InChI is InChI=1S/C60H86N20O11S/c61-40(32-35-13-3-1-4-14-35)49(83)79-47(33-36-15-5-2-6-16-36)56(91)92-80-46(34-37-23-24-38-17-7-8-18-39(38)31-37)54(88)77-43(21-11-29-72-59(66)67)52(86)75-41(19-9-27-70-57(62)63)50(84)74-42(20-10-28-71-58(64)65)51(85)76-44(22-12-30-73-60(68)69)53(87)78-45(55(89)90)25-26-48(81)82/h1-8,13-18,23-24,31,40-47,80H,9-12,19-22,25-30,32-34,61H2,(H,74,84)(H,75,86)(H,76,85)(H,77,88)(H,78,87)(H,79,83)(H,81,82)(H,89,90)(H4,62,63,70)(H4,64,65,71)(H4,66,67,72)(H4,68,69,73)/t40-,41+,42-,43-,44+,45-,46-,47+/m0/s1. The Kier molecular flexibility index (Phi) is 32.2. The minimum Gasteiger partial charge on any atom is -0.481 e. The van der Waals surface area contributed by atoms with E-state index in [1.807, 2.05) is 72.8 Å². The highest BCUT2D eigenvalue weighted by atomic mass is 32.2. The van der Waals surface area contributed by atoms with Crippen LogP contribution in [0.15, 0.2) is 103 Å². The lowest BCUT2D eigenvalue weighted by atomic mass is 10.0. The first kappa shape index (κ1) is 74.4. The molecule has 0 aliphatic heterocycles. The highest BCUT2D eigenvalue weighted by Crippen LogP contribution is 2.19. The first-order valence-corrected chi connectivity index (χ1v) is 30.6. The Bertz CT molecular complexity index is 3170. The summed E-state index contributed by atoms with van der Waals surface area (Å²) in [6.07, 6.45) is -1.26. The van der Waals surface area contributed by atoms with Crippen LogP contribution in [0, 0.1) is 21.6 Å². The molecule has 0 saturated carbocycles. The van der Waals surface area contributed by atoms with Gasteiger partial charge < -0.3 is 92.0 Å². The number of benzene rings is 4. The van der Waals surface area contributed by atoms with Crippen LogP contribution in [0.3, 0.4) is 0 Å². The number of fused-ring (bicyclic) bond motifs is 1. The molecule has 4 rings (SSSR count). The molecular formula is C60H86N20O11S. The van der Waals surface area contributed by atoms with E-state index < -0.39 is 132 Å². The number of carbonyl (C=O) groups excluding carboxylic acids is 7. The third-order valence-corrected chi connectivity index (χ3v) is 15.0. The SMILES string of the molecule is N=C(N)NCCC[C@H](NC(=O)[C@H](Cc1ccc2ccccc2c1)NSC(=O)[C@@H](Cc1ccccc1)NC(=O)[C@@H](N)Cc1ccccc1)C(=O)N[C@H](CCCNC(=N)N)C(=O)N[C@@H](CCCNC(=N)N)C(=O)N[C@H](CCCNC(=N)N)C(=O)N[C@@H](CCC(=O)O)C(=O)O. The molecule has 0 radical (unpaired) electrons. The Morgan fingerprint density at radius 1 is 0.402 bits per heavy atom. The summed E-state index contributed by atoms with van der Waals surface area (Å²) in [6, 6.07) is 20.0. The van der Waals surface area contributed by atoms with Gasteiger partial charge in [0.15, 0.2) is 23.8 Å². The summed E-state index contributed by atoms with van der Waals surface area (Å²) in [5.41, 5.74) is 30.6. The second-order valence-electron chi connectivity index (χ2n) is 21.5. The maximum atomic E-state index is 14.9. The van der Waals surface area contributed by atoms with E-state index in [9.17, 15) is 53.4 Å². The number of carboxylic acids is 2. The minimum atomic E-state index is -1.68. The van der Waals surface area contributed by atoms with Crippen molar-refractivity contribution in [1.82, 2.24) is 57.9 Å². The van der Waals surface area contributed by atoms with Crippen LogP contribution in [-0.2, 0) is 62.4 Å². The summed E-state index contributed by atoms with van der Waals surface area (Å²) in [5.74, 6) is -9.65. The van der Waals surface area contributed by atoms with Gasteiger partial charge in [0, 0.05) is 39.0 Å². The van der Waals surface area contributed by atoms with Crippen molar-refractivity contribution in [2.75, 3.05) is 26.2 Å². The van der Waals surface area contributed by atoms with Crippen LogP contribution < -0.4 is 86.6 Å². The normalized spacial score (nSPS) is 13.5. The molecule has 32 heteroatoms. The molecule has 31 nitrogen and oxygen atoms in total. The quantitative estimate of drug-likeness (QED) is 0.0101. The number of rotatable bonds is 41. The van der Waals surface area contributed by atoms with E-state index >= 15 is 0 Å². The van der Waals surface area contributed by atoms with Crippen molar-refractivity contribution in [2.45, 2.75) is 132 Å². The van der Waals surface area contributed by atoms with Crippen molar-refractivity contribution in [3.05, 3.63) is 120 Å². The summed E-state index contributed by atoms with van der Waals surface area (Å²) in [7, 11) is 0. The molecule has 0 heterocycles. The Hall–Kier alpha value is -10.1. The summed E-state index contributed by atoms with van der Waals surface area (Å²) in [6.45, 7) is 0.141. The van der Waals surface area contributed by atoms with Crippen molar-refractivity contribution >= 4 is 99.1 Å². The van der Waals surface area contributed by atoms with E-state index in [1.165, 1.54) is 0 Å². The molecule has 0 bridgehead atoms. The molecule has 0 aliphatic carbocycles. The van der Waals surface area contributed by atoms with Gasteiger partial charge in [0.25, 0.3) is 0 Å². The van der Waals surface area contributed by atoms with Crippen LogP contribution in [0.1, 0.15) is 80.9 Å². The molecule has 0 unspecified atom stereocenters. The van der Waals surface area contributed by atoms with E-state index in [-0.39, 0.29) is 103 Å². The first-order chi connectivity index (χ1) is 43.9. The molecule has 0 saturated heterocycles. The van der Waals surface area contributed by atoms with Crippen molar-refractivity contribution in [3.63, 3.8) is 0 Å². The fourth-order valence-corrected chi connectivity index (χ4v) is 10.1. The van der Waals surface area contributed by atoms with Crippen LogP contribution in [0.2, 0.25) is 0 Å². The number of nitrogens with one attached hydrogen (secondary N) is 15. The zero-order valence-electron chi connectivity index (χ0n) is 50.8. The molecule has 0 aromatic heterocycles. The van der Waals surface area contributed by atoms with Crippen molar-refractivity contribution in [1.29, 1.82) is 21.6 Å². The van der Waals surface area contributed by atoms with Gasteiger partial charge in [-0.3, -0.25) is 60.0 Å². The lowest BCUT2D eigenvalue weighted by molar-refractivity contribution is -0.143. The zero-order valence-corrected chi connectivity index (χ0v) is 51.6. The lowest BCUT2D eigenvalue weighted by Crippen LogP contribution is -2.59. The lowest BCUT2D eigenvalue weighted by Gasteiger charge is -2.28. The smallest absolute Gasteiger partial charge is 0.326 e. The molecule has 498 valence electrons. The predicted molar refractivity (Wildman–Crippen MR) is 348 cm³/mol. The van der Waals surface area contributed by atoms with Gasteiger partial charge in [-0.1, -0.05) is 103 Å². The van der Waals surface area contributed by atoms with Gasteiger partial charge in [0.05, 0.1) is 6.04 Å². The molecule has 4 aromatic carbocycles. The molecule has 0 spiro atoms. The van der Waals surface area contributed by atoms with Gasteiger partial charge in [-0.25, -0.2) is 9.52 Å². The van der Waals surface area contributed by atoms with Gasteiger partial charge in [-0.2, -0.15) is 0 Å². The largest absolute Gasteiger partial charge is 0.481 e. The molecule has 92 heavy (non-hydrogen) atoms. The number of aliphatic carboxylic acids is 2. The third kappa shape index (κ3) is 28.6. The maximum absolute atomic E-state index is 14.9. The summed E-state index contributed by atoms with van der Waals surface area (Å²) in [5, 5.41) is 76.9. The van der Waals surface area contributed by atoms with Crippen molar-refractivity contribution in [2.24, 2.45) is 28.7 Å². The minimum absolute atomic E-state index is 0.0222. The monoisotopic (exact) mass is 1290 g/mol. The van der Waals surface area contributed by atoms with E-state index in [0.29, 0.717) is 17.5 Å². The van der Waals surface area contributed by atoms with E-state index in [4.69, 9.17) is 50.3 Å². The predicted octanol–water partition coefficient (Wildman–Crippen LogP) is -1.76. The molecule has 6 amide bonds. The van der Waals surface area contributed by atoms with Crippen LogP contribution in [0.25, 0.3) is 10.8 Å². The summed E-state index contributed by atoms with van der Waals surface area (Å²) >= 11 is 0.572. The average Bonchev–Trinajstić information content (AvgIpc) is 1.55. The van der Waals surface area contributed by atoms with Gasteiger partial charge in [-0.15, -0.1) is 0 Å². The Balaban J connectivity index is 1.70. The molecule has 8 atom stereocenters. The zero-order chi connectivity index (χ0) is 67.5. The number of nitrogens with two attached hydrogens (primary N) is 5. The number of carboxylic acid groups (broad SMARTS) is 2. The van der Waals surface area contributed by atoms with Crippen LogP contribution in [-0.4, -0.2) is 161 Å². The van der Waals surface area contributed by atoms with Gasteiger partial charge in [-0.05, 0) is 110 Å². The number of carbonyl (C=O) groups is 9. The second-order valence-corrected chi connectivity index (χ2v) is 22.4. The van der Waals surface area contributed by atoms with Crippen molar-refractivity contribution in [3.8, 4) is 0 Å². The number of hydrogen-bond donors (Lipinski definition) is 22. The fourth-order valence-electron chi connectivity index (χ4n) is 9.35. The number of hydrogen-bond acceptors (Lipinski definition) is 16. The van der Waals surface area contributed by atoms with Gasteiger partial charge in [0.1, 0.15) is 42.3 Å². The average molecular weight is 1300 g/mol. The Morgan fingerprint density at radius 3 is 1.16 bits per heavy atom. The van der Waals surface area contributed by atoms with E-state index in [1.54, 1.807) is 30.3 Å². The Morgan fingerprint density at radius 2 is 0.761 bits per heavy atom. The highest BCUT2D eigenvalue weighted by Gasteiger charge is 2.34. The molecule has 27 N–H and O–H groups in total. The summed E-state index contributed by atoms with van der Waals surface area (Å²) < 4.78 is 3.01. The van der Waals surface area contributed by atoms with E-state index in [0.717, 1.165) is 21.9 Å². The van der Waals surface area contributed by atoms with Crippen molar-refractivity contribution < 1.29 is 53.4 Å². The number of guanidine groups is 4. The van der Waals surface area contributed by atoms with Crippen LogP contribution >= 0.6 is 11.9 Å². The topological polar surface area (TPSA) is 552 Å². The summed E-state index contributed by atoms with van der Waals surface area (Å²) in [4.78, 5) is 124. The van der Waals surface area contributed by atoms with Gasteiger partial charge >= 0.3 is 11.9 Å². The number of amides is 6. The maximum Gasteiger partial charge on any atom is 0.326 e. The molecular weight excluding hydrogens is 1210 g/mol. The third-order valence-electron chi connectivity index (χ3n) is 14.1. The highest BCUT2D eigenvalue weighted by molar-refractivity contribution is 8.12. The van der Waals surface area contributed by atoms with Gasteiger partial charge in [0.2, 0.25) is 40.6 Å².